The van der Waals surface area contributed by atoms with Gasteiger partial charge in [-0.25, -0.2) is 0 Å². The van der Waals surface area contributed by atoms with Gasteiger partial charge in [-0.05, 0) is 246 Å². The fourth-order valence-electron chi connectivity index (χ4n) is 20.5. The highest BCUT2D eigenvalue weighted by Crippen LogP contribution is 2.87. The lowest BCUT2D eigenvalue weighted by Gasteiger charge is -2.82. The van der Waals surface area contributed by atoms with Crippen molar-refractivity contribution in [1.82, 2.24) is 0 Å². The van der Waals surface area contributed by atoms with Crippen molar-refractivity contribution in [1.29, 1.82) is 0 Å². The maximum absolute atomic E-state index is 1.77. The molecule has 40 heavy (non-hydrogen) atoms. The zero-order valence-corrected chi connectivity index (χ0v) is 25.7. The van der Waals surface area contributed by atoms with Crippen LogP contribution in [0.25, 0.3) is 0 Å². The van der Waals surface area contributed by atoms with Crippen LogP contribution in [-0.2, 0) is 0 Å². The van der Waals surface area contributed by atoms with Crippen molar-refractivity contribution in [2.45, 2.75) is 154 Å². The van der Waals surface area contributed by atoms with Crippen molar-refractivity contribution in [2.75, 3.05) is 0 Å². The quantitative estimate of drug-likeness (QED) is 0.335. The SMILES string of the molecule is C1C2CC3CC1CC(C14CC5CC(C67CC8CC(CC(C8)C6)C7)(C1)CC(C16CC7CC(CC(C7)C1)C6)(C5)C4)(C2)C3. The minimum Gasteiger partial charge on any atom is -0.0475 e. The van der Waals surface area contributed by atoms with Crippen LogP contribution in [0, 0.1) is 91.7 Å². The van der Waals surface area contributed by atoms with Crippen LogP contribution in [0.5, 0.6) is 0 Å². The Morgan fingerprint density at radius 3 is 0.575 bits per heavy atom. The van der Waals surface area contributed by atoms with Crippen LogP contribution in [0.3, 0.4) is 0 Å². The summed E-state index contributed by atoms with van der Waals surface area (Å²) in [4.78, 5) is 0. The summed E-state index contributed by atoms with van der Waals surface area (Å²) in [6.45, 7) is 0. The predicted octanol–water partition coefficient (Wildman–Crippen LogP) is 10.6. The van der Waals surface area contributed by atoms with Crippen LogP contribution < -0.4 is 0 Å². The lowest BCUT2D eigenvalue weighted by Crippen LogP contribution is -2.72. The van der Waals surface area contributed by atoms with E-state index in [-0.39, 0.29) is 0 Å². The summed E-state index contributed by atoms with van der Waals surface area (Å²) in [5.41, 5.74) is 4.70. The molecule has 16 saturated carbocycles. The second-order valence-corrected chi connectivity index (χ2v) is 21.4. The Morgan fingerprint density at radius 1 is 0.200 bits per heavy atom. The first-order chi connectivity index (χ1) is 19.4. The van der Waals surface area contributed by atoms with Crippen molar-refractivity contribution in [3.8, 4) is 0 Å². The molecule has 0 heteroatoms. The molecule has 218 valence electrons. The standard InChI is InChI=1S/C40H58/c1-25-2-27-3-26(1)11-35(10-25,12-27)38-19-34-20-39(22-38,36-13-28-4-29(14-36)6-30(5-28)15-36)24-40(21-34,23-38)37-16-31-7-32(17-37)9-33(8-31)18-37/h25-34H,1-24H2. The topological polar surface area (TPSA) is 0 Å². The minimum absolute atomic E-state index is 0.773. The molecule has 0 spiro atoms. The highest BCUT2D eigenvalue weighted by molar-refractivity contribution is 5.27. The highest BCUT2D eigenvalue weighted by atomic mass is 14.8. The minimum atomic E-state index is 0.773. The molecule has 16 bridgehead atoms. The van der Waals surface area contributed by atoms with Crippen molar-refractivity contribution >= 4 is 0 Å². The molecule has 16 rings (SSSR count). The van der Waals surface area contributed by atoms with Gasteiger partial charge in [0.1, 0.15) is 0 Å². The summed E-state index contributed by atoms with van der Waals surface area (Å²) in [6, 6.07) is 0. The van der Waals surface area contributed by atoms with E-state index in [1.165, 1.54) is 0 Å². The van der Waals surface area contributed by atoms with Crippen molar-refractivity contribution in [3.63, 3.8) is 0 Å². The second kappa shape index (κ2) is 6.95. The summed E-state index contributed by atoms with van der Waals surface area (Å²) < 4.78 is 0. The summed E-state index contributed by atoms with van der Waals surface area (Å²) >= 11 is 0. The van der Waals surface area contributed by atoms with Gasteiger partial charge in [0.2, 0.25) is 0 Å². The van der Waals surface area contributed by atoms with Gasteiger partial charge in [-0.2, -0.15) is 0 Å². The summed E-state index contributed by atoms with van der Waals surface area (Å²) in [5, 5.41) is 0. The Labute approximate surface area is 245 Å². The normalized spacial score (nSPS) is 70.2. The molecule has 0 unspecified atom stereocenters. The fraction of sp³-hybridized carbons (Fsp3) is 1.00. The van der Waals surface area contributed by atoms with Crippen LogP contribution in [-0.4, -0.2) is 0 Å². The number of hydrogen-bond acceptors (Lipinski definition) is 0. The molecule has 16 aliphatic rings. The van der Waals surface area contributed by atoms with E-state index in [1.54, 1.807) is 154 Å². The van der Waals surface area contributed by atoms with Gasteiger partial charge in [-0.15, -0.1) is 0 Å². The molecule has 0 aromatic heterocycles. The first kappa shape index (κ1) is 23.4. The number of rotatable bonds is 3. The first-order valence-electron chi connectivity index (χ1n) is 19.4. The largest absolute Gasteiger partial charge is 0.0475 e. The summed E-state index contributed by atoms with van der Waals surface area (Å²) in [6.07, 6.45) is 40.7. The van der Waals surface area contributed by atoms with E-state index in [1.807, 2.05) is 0 Å². The van der Waals surface area contributed by atoms with Gasteiger partial charge in [0, 0.05) is 0 Å². The molecule has 0 N–H and O–H groups in total. The molecule has 0 radical (unpaired) electrons. The van der Waals surface area contributed by atoms with Gasteiger partial charge in [-0.1, -0.05) is 0 Å². The second-order valence-electron chi connectivity index (χ2n) is 21.4. The lowest BCUT2D eigenvalue weighted by molar-refractivity contribution is -0.320. The van der Waals surface area contributed by atoms with Crippen LogP contribution >= 0.6 is 0 Å². The third-order valence-corrected chi connectivity index (χ3v) is 19.6. The van der Waals surface area contributed by atoms with Crippen LogP contribution in [0.2, 0.25) is 0 Å². The molecule has 0 amide bonds. The highest BCUT2D eigenvalue weighted by Gasteiger charge is 2.78. The average Bonchev–Trinajstić information content (AvgIpc) is 2.86. The summed E-state index contributed by atoms with van der Waals surface area (Å²) in [5.74, 6) is 11.4. The Bertz CT molecular complexity index is 896. The average molecular weight is 539 g/mol. The molecule has 0 heterocycles. The van der Waals surface area contributed by atoms with E-state index in [0.717, 1.165) is 91.7 Å². The molecule has 0 atom stereocenters. The van der Waals surface area contributed by atoms with Gasteiger partial charge in [0.05, 0.1) is 0 Å². The fourth-order valence-corrected chi connectivity index (χ4v) is 20.5. The Morgan fingerprint density at radius 2 is 0.375 bits per heavy atom. The van der Waals surface area contributed by atoms with Gasteiger partial charge in [0.25, 0.3) is 0 Å². The van der Waals surface area contributed by atoms with Crippen LogP contribution in [0.4, 0.5) is 0 Å². The predicted molar refractivity (Wildman–Crippen MR) is 160 cm³/mol. The van der Waals surface area contributed by atoms with E-state index in [4.69, 9.17) is 0 Å². The van der Waals surface area contributed by atoms with E-state index >= 15 is 0 Å². The summed E-state index contributed by atoms with van der Waals surface area (Å²) in [7, 11) is 0. The van der Waals surface area contributed by atoms with Gasteiger partial charge < -0.3 is 0 Å². The van der Waals surface area contributed by atoms with Gasteiger partial charge in [-0.3, -0.25) is 0 Å². The van der Waals surface area contributed by atoms with E-state index in [0.29, 0.717) is 0 Å². The van der Waals surface area contributed by atoms with Crippen LogP contribution in [0.1, 0.15) is 154 Å². The van der Waals surface area contributed by atoms with E-state index in [9.17, 15) is 0 Å². The molecule has 16 aliphatic carbocycles. The molecule has 0 aromatic rings. The zero-order valence-electron chi connectivity index (χ0n) is 25.7. The maximum Gasteiger partial charge on any atom is -0.0227 e. The Balaban J connectivity index is 1.05. The zero-order chi connectivity index (χ0) is 25.7. The molecule has 0 aromatic carbocycles. The van der Waals surface area contributed by atoms with Crippen LogP contribution in [0.15, 0.2) is 0 Å². The monoisotopic (exact) mass is 538 g/mol. The Kier molecular flexibility index (Phi) is 4.07. The smallest absolute Gasteiger partial charge is 0.0227 e. The third-order valence-electron chi connectivity index (χ3n) is 19.6. The van der Waals surface area contributed by atoms with Crippen molar-refractivity contribution < 1.29 is 0 Å². The number of hydrogen-bond donors (Lipinski definition) is 0. The molecular formula is C40H58. The van der Waals surface area contributed by atoms with Gasteiger partial charge in [0.15, 0.2) is 0 Å². The third kappa shape index (κ3) is 2.62. The molecule has 0 aliphatic heterocycles. The van der Waals surface area contributed by atoms with Crippen molar-refractivity contribution in [3.05, 3.63) is 0 Å². The molecule has 0 nitrogen and oxygen atoms in total. The van der Waals surface area contributed by atoms with E-state index < -0.39 is 0 Å². The molecule has 16 fully saturated rings. The van der Waals surface area contributed by atoms with E-state index in [2.05, 4.69) is 0 Å². The van der Waals surface area contributed by atoms with Gasteiger partial charge >= 0.3 is 0 Å². The maximum atomic E-state index is 1.77. The first-order valence-corrected chi connectivity index (χ1v) is 19.4. The Hall–Kier alpha value is 0. The molecular weight excluding hydrogens is 480 g/mol. The lowest BCUT2D eigenvalue weighted by atomic mass is 9.23. The molecule has 0 saturated heterocycles. The van der Waals surface area contributed by atoms with Crippen molar-refractivity contribution in [2.24, 2.45) is 91.7 Å².